The fraction of sp³-hybridized carbons (Fsp3) is 0.292. The lowest BCUT2D eigenvalue weighted by Gasteiger charge is -2.33. The van der Waals surface area contributed by atoms with Gasteiger partial charge in [-0.15, -0.1) is 0 Å². The first kappa shape index (κ1) is 20.0. The number of nitrogens with two attached hydrogens (primary N) is 1. The van der Waals surface area contributed by atoms with Gasteiger partial charge in [-0.05, 0) is 49.6 Å². The first-order chi connectivity index (χ1) is 14.4. The Kier molecular flexibility index (Phi) is 5.48. The summed E-state index contributed by atoms with van der Waals surface area (Å²) in [6, 6.07) is 13.8. The highest BCUT2D eigenvalue weighted by Crippen LogP contribution is 2.30. The van der Waals surface area contributed by atoms with Crippen LogP contribution in [0.5, 0.6) is 0 Å². The Morgan fingerprint density at radius 1 is 1.20 bits per heavy atom. The van der Waals surface area contributed by atoms with Crippen LogP contribution >= 0.6 is 0 Å². The third kappa shape index (κ3) is 4.17. The van der Waals surface area contributed by atoms with Crippen molar-refractivity contribution in [1.29, 1.82) is 0 Å². The number of benzene rings is 2. The minimum atomic E-state index is -0.591. The van der Waals surface area contributed by atoms with E-state index >= 15 is 0 Å². The van der Waals surface area contributed by atoms with Gasteiger partial charge in [0.05, 0.1) is 23.2 Å². The number of halogens is 1. The first-order valence-electron chi connectivity index (χ1n) is 10.1. The normalized spacial score (nSPS) is 16.6. The third-order valence-corrected chi connectivity index (χ3v) is 5.67. The number of aromatic nitrogens is 1. The van der Waals surface area contributed by atoms with Crippen LogP contribution in [0.2, 0.25) is 0 Å². The molecule has 3 aromatic rings. The zero-order valence-electron chi connectivity index (χ0n) is 16.9. The summed E-state index contributed by atoms with van der Waals surface area (Å²) in [4.78, 5) is 31.5. The molecule has 0 aliphatic carbocycles. The summed E-state index contributed by atoms with van der Waals surface area (Å²) in [7, 11) is 0. The average Bonchev–Trinajstić information content (AvgIpc) is 2.72. The lowest BCUT2D eigenvalue weighted by atomic mass is 9.90. The van der Waals surface area contributed by atoms with Crippen molar-refractivity contribution in [3.05, 3.63) is 76.7 Å². The number of carbonyl (C=O) groups excluding carboxylic acids is 2. The smallest absolute Gasteiger partial charge is 0.250 e. The molecule has 1 saturated heterocycles. The van der Waals surface area contributed by atoms with E-state index in [0.717, 1.165) is 24.0 Å². The van der Waals surface area contributed by atoms with Crippen LogP contribution in [0.3, 0.4) is 0 Å². The van der Waals surface area contributed by atoms with Crippen molar-refractivity contribution in [2.24, 2.45) is 5.73 Å². The molecule has 1 aromatic heterocycles. The molecule has 2 amide bonds. The molecule has 2 aromatic carbocycles. The lowest BCUT2D eigenvalue weighted by molar-refractivity contribution is -0.131. The maximum Gasteiger partial charge on any atom is 0.250 e. The van der Waals surface area contributed by atoms with Gasteiger partial charge in [-0.3, -0.25) is 14.6 Å². The highest BCUT2D eigenvalue weighted by molar-refractivity contribution is 5.98. The zero-order valence-corrected chi connectivity index (χ0v) is 16.9. The van der Waals surface area contributed by atoms with Gasteiger partial charge < -0.3 is 10.6 Å². The molecule has 2 heterocycles. The van der Waals surface area contributed by atoms with Crippen LogP contribution in [-0.4, -0.2) is 34.8 Å². The van der Waals surface area contributed by atoms with Crippen molar-refractivity contribution in [2.75, 3.05) is 13.1 Å². The number of fused-ring (bicyclic) bond motifs is 1. The Morgan fingerprint density at radius 3 is 2.80 bits per heavy atom. The van der Waals surface area contributed by atoms with Gasteiger partial charge in [0.1, 0.15) is 5.82 Å². The molecule has 1 atom stereocenters. The lowest BCUT2D eigenvalue weighted by Crippen LogP contribution is -2.40. The molecule has 2 N–H and O–H groups in total. The second-order valence-corrected chi connectivity index (χ2v) is 7.97. The number of hydrogen-bond acceptors (Lipinski definition) is 3. The van der Waals surface area contributed by atoms with E-state index in [1.807, 2.05) is 36.1 Å². The molecule has 5 nitrogen and oxygen atoms in total. The van der Waals surface area contributed by atoms with E-state index in [4.69, 9.17) is 5.73 Å². The maximum atomic E-state index is 13.6. The Labute approximate surface area is 174 Å². The number of hydrogen-bond donors (Lipinski definition) is 1. The number of nitrogens with zero attached hydrogens (tertiary/aromatic N) is 2. The standard InChI is InChI=1S/C24H24FN3O2/c1-15-4-2-5-16(10-15)11-22(29)28-9-3-6-17(14-28)23-20(24(26)30)13-18-12-19(25)7-8-21(18)27-23/h2,4-5,7-8,10,12-13,17H,3,6,9,11,14H2,1H3,(H2,26,30)/t17-/m1/s1. The predicted octanol–water partition coefficient (Wildman–Crippen LogP) is 3.73. The van der Waals surface area contributed by atoms with Crippen molar-refractivity contribution in [3.8, 4) is 0 Å². The predicted molar refractivity (Wildman–Crippen MR) is 114 cm³/mol. The number of primary amides is 1. The van der Waals surface area contributed by atoms with Crippen LogP contribution < -0.4 is 5.73 Å². The van der Waals surface area contributed by atoms with Gasteiger partial charge in [0.15, 0.2) is 0 Å². The number of piperidine rings is 1. The molecule has 0 spiro atoms. The fourth-order valence-electron chi connectivity index (χ4n) is 4.21. The number of aryl methyl sites for hydroxylation is 1. The maximum absolute atomic E-state index is 13.6. The van der Waals surface area contributed by atoms with Crippen LogP contribution in [-0.2, 0) is 11.2 Å². The van der Waals surface area contributed by atoms with E-state index in [1.165, 1.54) is 12.1 Å². The van der Waals surface area contributed by atoms with Crippen LogP contribution in [0, 0.1) is 12.7 Å². The third-order valence-electron chi connectivity index (χ3n) is 5.67. The van der Waals surface area contributed by atoms with Gasteiger partial charge in [-0.25, -0.2) is 4.39 Å². The van der Waals surface area contributed by atoms with E-state index in [2.05, 4.69) is 4.98 Å². The highest BCUT2D eigenvalue weighted by atomic mass is 19.1. The summed E-state index contributed by atoms with van der Waals surface area (Å²) in [5.41, 5.74) is 9.22. The monoisotopic (exact) mass is 405 g/mol. The van der Waals surface area contributed by atoms with Crippen LogP contribution in [0.1, 0.15) is 45.9 Å². The van der Waals surface area contributed by atoms with E-state index in [9.17, 15) is 14.0 Å². The van der Waals surface area contributed by atoms with Crippen molar-refractivity contribution in [3.63, 3.8) is 0 Å². The number of rotatable bonds is 4. The van der Waals surface area contributed by atoms with Crippen LogP contribution in [0.4, 0.5) is 4.39 Å². The summed E-state index contributed by atoms with van der Waals surface area (Å²) < 4.78 is 13.6. The summed E-state index contributed by atoms with van der Waals surface area (Å²) in [6.07, 6.45) is 1.99. The van der Waals surface area contributed by atoms with Gasteiger partial charge in [0.25, 0.3) is 5.91 Å². The Hall–Kier alpha value is -3.28. The quantitative estimate of drug-likeness (QED) is 0.719. The first-order valence-corrected chi connectivity index (χ1v) is 10.1. The minimum Gasteiger partial charge on any atom is -0.366 e. The highest BCUT2D eigenvalue weighted by Gasteiger charge is 2.28. The molecule has 0 saturated carbocycles. The number of pyridine rings is 1. The molecular formula is C24H24FN3O2. The van der Waals surface area contributed by atoms with Crippen molar-refractivity contribution in [2.45, 2.75) is 32.1 Å². The molecule has 1 fully saturated rings. The average molecular weight is 405 g/mol. The van der Waals surface area contributed by atoms with Gasteiger partial charge in [0, 0.05) is 24.4 Å². The van der Waals surface area contributed by atoms with Crippen molar-refractivity contribution < 1.29 is 14.0 Å². The van der Waals surface area contributed by atoms with Crippen molar-refractivity contribution in [1.82, 2.24) is 9.88 Å². The van der Waals surface area contributed by atoms with Gasteiger partial charge in [0.2, 0.25) is 5.91 Å². The second kappa shape index (κ2) is 8.22. The molecule has 0 unspecified atom stereocenters. The van der Waals surface area contributed by atoms with Crippen molar-refractivity contribution >= 4 is 22.7 Å². The summed E-state index contributed by atoms with van der Waals surface area (Å²) >= 11 is 0. The van der Waals surface area contributed by atoms with E-state index in [1.54, 1.807) is 12.1 Å². The molecular weight excluding hydrogens is 381 g/mol. The Morgan fingerprint density at radius 2 is 2.03 bits per heavy atom. The molecule has 0 radical (unpaired) electrons. The van der Waals surface area contributed by atoms with E-state index in [-0.39, 0.29) is 11.8 Å². The minimum absolute atomic E-state index is 0.0637. The number of likely N-dealkylation sites (tertiary alicyclic amines) is 1. The summed E-state index contributed by atoms with van der Waals surface area (Å²) in [5.74, 6) is -1.00. The molecule has 0 bridgehead atoms. The summed E-state index contributed by atoms with van der Waals surface area (Å²) in [6.45, 7) is 3.18. The topological polar surface area (TPSA) is 76.3 Å². The summed E-state index contributed by atoms with van der Waals surface area (Å²) in [5, 5.41) is 0.538. The van der Waals surface area contributed by atoms with Gasteiger partial charge in [-0.1, -0.05) is 29.8 Å². The largest absolute Gasteiger partial charge is 0.366 e. The van der Waals surface area contributed by atoms with Gasteiger partial charge >= 0.3 is 0 Å². The van der Waals surface area contributed by atoms with Crippen LogP contribution in [0.25, 0.3) is 10.9 Å². The van der Waals surface area contributed by atoms with Gasteiger partial charge in [-0.2, -0.15) is 0 Å². The zero-order chi connectivity index (χ0) is 21.3. The number of amides is 2. The van der Waals surface area contributed by atoms with Crippen LogP contribution in [0.15, 0.2) is 48.5 Å². The molecule has 1 aliphatic rings. The van der Waals surface area contributed by atoms with E-state index in [0.29, 0.717) is 41.7 Å². The Bertz CT molecular complexity index is 1130. The Balaban J connectivity index is 1.60. The SMILES string of the molecule is Cc1cccc(CC(=O)N2CCC[C@@H](c3nc4ccc(F)cc4cc3C(N)=O)C2)c1. The molecule has 4 rings (SSSR count). The number of carbonyl (C=O) groups is 2. The van der Waals surface area contributed by atoms with E-state index < -0.39 is 11.7 Å². The molecule has 1 aliphatic heterocycles. The molecule has 6 heteroatoms. The molecule has 30 heavy (non-hydrogen) atoms. The second-order valence-electron chi connectivity index (χ2n) is 7.97. The molecule has 154 valence electrons. The fourth-order valence-corrected chi connectivity index (χ4v) is 4.21.